The molecule has 2 aliphatic rings. The molecule has 3 aromatic rings. The van der Waals surface area contributed by atoms with Crippen molar-refractivity contribution in [3.8, 4) is 10.7 Å². The zero-order valence-corrected chi connectivity index (χ0v) is 18.2. The number of aliphatic hydroxyl groups is 1. The van der Waals surface area contributed by atoms with Crippen molar-refractivity contribution in [2.75, 3.05) is 0 Å². The SMILES string of the molecule is CC1C=CC=C(O)C1C1CC(c2cccnc2)=NN1C(=O)c1cnc(-c2ccccn2)s1. The van der Waals surface area contributed by atoms with Gasteiger partial charge < -0.3 is 5.11 Å². The second kappa shape index (κ2) is 8.47. The van der Waals surface area contributed by atoms with Crippen molar-refractivity contribution in [2.24, 2.45) is 16.9 Å². The summed E-state index contributed by atoms with van der Waals surface area (Å²) in [5.74, 6) is -0.147. The molecule has 0 fully saturated rings. The fourth-order valence-electron chi connectivity index (χ4n) is 4.18. The molecule has 3 aromatic heterocycles. The Kier molecular flexibility index (Phi) is 5.36. The van der Waals surface area contributed by atoms with E-state index in [9.17, 15) is 9.90 Å². The molecule has 0 aromatic carbocycles. The maximum atomic E-state index is 13.6. The van der Waals surface area contributed by atoms with E-state index in [1.807, 2.05) is 49.4 Å². The van der Waals surface area contributed by atoms with Gasteiger partial charge in [-0.15, -0.1) is 11.3 Å². The number of hydrazone groups is 1. The number of aromatic nitrogens is 3. The number of pyridine rings is 2. The summed E-state index contributed by atoms with van der Waals surface area (Å²) in [7, 11) is 0. The summed E-state index contributed by atoms with van der Waals surface area (Å²) in [6, 6.07) is 9.06. The Hall–Kier alpha value is -3.65. The molecule has 7 nitrogen and oxygen atoms in total. The summed E-state index contributed by atoms with van der Waals surface area (Å²) in [6.45, 7) is 2.04. The van der Waals surface area contributed by atoms with Crippen LogP contribution in [0.25, 0.3) is 10.7 Å². The first-order valence-electron chi connectivity index (χ1n) is 10.4. The van der Waals surface area contributed by atoms with Crippen LogP contribution < -0.4 is 0 Å². The van der Waals surface area contributed by atoms with Crippen molar-refractivity contribution in [1.29, 1.82) is 0 Å². The normalized spacial score (nSPS) is 22.5. The zero-order valence-electron chi connectivity index (χ0n) is 17.4. The molecule has 0 saturated carbocycles. The van der Waals surface area contributed by atoms with Crippen LogP contribution in [0.1, 0.15) is 28.6 Å². The quantitative estimate of drug-likeness (QED) is 0.642. The van der Waals surface area contributed by atoms with Gasteiger partial charge in [0.25, 0.3) is 5.91 Å². The fraction of sp³-hybridized carbons (Fsp3) is 0.208. The van der Waals surface area contributed by atoms with Crippen LogP contribution in [-0.4, -0.2) is 42.7 Å². The topological polar surface area (TPSA) is 91.6 Å². The summed E-state index contributed by atoms with van der Waals surface area (Å²) in [6.07, 6.45) is 12.8. The Balaban J connectivity index is 1.50. The summed E-state index contributed by atoms with van der Waals surface area (Å²) in [5, 5.41) is 17.6. The number of carbonyl (C=O) groups excluding carboxylic acids is 1. The number of amides is 1. The lowest BCUT2D eigenvalue weighted by atomic mass is 9.80. The summed E-state index contributed by atoms with van der Waals surface area (Å²) in [4.78, 5) is 27.0. The number of nitrogens with zero attached hydrogens (tertiary/aromatic N) is 5. The molecular weight excluding hydrogens is 422 g/mol. The summed E-state index contributed by atoms with van der Waals surface area (Å²) in [5.41, 5.74) is 2.37. The molecule has 3 atom stereocenters. The minimum atomic E-state index is -0.311. The molecule has 1 aliphatic heterocycles. The molecule has 5 rings (SSSR count). The maximum absolute atomic E-state index is 13.6. The molecule has 1 N–H and O–H groups in total. The predicted octanol–water partition coefficient (Wildman–Crippen LogP) is 4.48. The standard InChI is InChI=1S/C24H21N5O2S/c1-15-6-4-9-20(30)22(15)19-12-18(16-7-5-10-25-13-16)28-29(19)24(31)21-14-27-23(32-21)17-8-2-3-11-26-17/h2-11,13-15,19,22,30H,12H2,1H3. The lowest BCUT2D eigenvalue weighted by Gasteiger charge is -2.33. The van der Waals surface area contributed by atoms with E-state index in [2.05, 4.69) is 15.0 Å². The molecule has 0 radical (unpaired) electrons. The van der Waals surface area contributed by atoms with Crippen molar-refractivity contribution in [3.05, 3.63) is 89.5 Å². The molecule has 0 bridgehead atoms. The lowest BCUT2D eigenvalue weighted by molar-refractivity contribution is 0.0626. The maximum Gasteiger partial charge on any atom is 0.285 e. The van der Waals surface area contributed by atoms with Crippen LogP contribution in [0.3, 0.4) is 0 Å². The molecule has 8 heteroatoms. The van der Waals surface area contributed by atoms with E-state index in [1.54, 1.807) is 30.9 Å². The number of carbonyl (C=O) groups is 1. The number of allylic oxidation sites excluding steroid dienone is 3. The van der Waals surface area contributed by atoms with Gasteiger partial charge in [0, 0.05) is 36.5 Å². The van der Waals surface area contributed by atoms with Gasteiger partial charge in [0.05, 0.1) is 29.4 Å². The Bertz CT molecular complexity index is 1220. The third kappa shape index (κ3) is 3.73. The van der Waals surface area contributed by atoms with Gasteiger partial charge in [-0.3, -0.25) is 14.8 Å². The molecule has 4 heterocycles. The number of hydrogen-bond acceptors (Lipinski definition) is 7. The molecule has 0 saturated heterocycles. The molecule has 160 valence electrons. The van der Waals surface area contributed by atoms with Gasteiger partial charge in [-0.1, -0.05) is 31.2 Å². The Morgan fingerprint density at radius 2 is 2.06 bits per heavy atom. The Morgan fingerprint density at radius 3 is 2.81 bits per heavy atom. The second-order valence-corrected chi connectivity index (χ2v) is 8.85. The second-order valence-electron chi connectivity index (χ2n) is 7.82. The van der Waals surface area contributed by atoms with Gasteiger partial charge in [-0.2, -0.15) is 5.10 Å². The Morgan fingerprint density at radius 1 is 1.16 bits per heavy atom. The highest BCUT2D eigenvalue weighted by Crippen LogP contribution is 2.37. The highest BCUT2D eigenvalue weighted by molar-refractivity contribution is 7.16. The summed E-state index contributed by atoms with van der Waals surface area (Å²) >= 11 is 1.29. The van der Waals surface area contributed by atoms with Crippen molar-refractivity contribution in [2.45, 2.75) is 19.4 Å². The fourth-order valence-corrected chi connectivity index (χ4v) is 5.01. The van der Waals surface area contributed by atoms with Crippen LogP contribution in [-0.2, 0) is 0 Å². The number of rotatable bonds is 4. The number of aliphatic hydroxyl groups excluding tert-OH is 1. The van der Waals surface area contributed by atoms with Crippen LogP contribution in [0, 0.1) is 11.8 Å². The average Bonchev–Trinajstić information content (AvgIpc) is 3.48. The average molecular weight is 444 g/mol. The van der Waals surface area contributed by atoms with Crippen LogP contribution in [0.15, 0.2) is 84.2 Å². The van der Waals surface area contributed by atoms with E-state index >= 15 is 0 Å². The van der Waals surface area contributed by atoms with E-state index in [0.29, 0.717) is 16.3 Å². The van der Waals surface area contributed by atoms with E-state index in [0.717, 1.165) is 17.0 Å². The first-order chi connectivity index (χ1) is 15.6. The highest BCUT2D eigenvalue weighted by atomic mass is 32.1. The molecular formula is C24H21N5O2S. The van der Waals surface area contributed by atoms with Gasteiger partial charge in [0.1, 0.15) is 9.88 Å². The van der Waals surface area contributed by atoms with Crippen LogP contribution in [0.2, 0.25) is 0 Å². The van der Waals surface area contributed by atoms with Gasteiger partial charge in [-0.25, -0.2) is 9.99 Å². The molecule has 0 spiro atoms. The van der Waals surface area contributed by atoms with Crippen molar-refractivity contribution < 1.29 is 9.90 Å². The highest BCUT2D eigenvalue weighted by Gasteiger charge is 2.42. The van der Waals surface area contributed by atoms with Crippen LogP contribution in [0.5, 0.6) is 0 Å². The minimum Gasteiger partial charge on any atom is -0.512 e. The lowest BCUT2D eigenvalue weighted by Crippen LogP contribution is -2.41. The van der Waals surface area contributed by atoms with Gasteiger partial charge in [-0.05, 0) is 30.2 Å². The van der Waals surface area contributed by atoms with E-state index in [4.69, 9.17) is 5.10 Å². The monoisotopic (exact) mass is 443 g/mol. The smallest absolute Gasteiger partial charge is 0.285 e. The van der Waals surface area contributed by atoms with Gasteiger partial charge in [0.15, 0.2) is 0 Å². The molecule has 1 aliphatic carbocycles. The van der Waals surface area contributed by atoms with Crippen molar-refractivity contribution in [1.82, 2.24) is 20.0 Å². The number of hydrogen-bond donors (Lipinski definition) is 1. The first kappa shape index (κ1) is 20.3. The number of thiazole rings is 1. The van der Waals surface area contributed by atoms with Gasteiger partial charge in [0.2, 0.25) is 0 Å². The minimum absolute atomic E-state index is 0.0642. The largest absolute Gasteiger partial charge is 0.512 e. The zero-order chi connectivity index (χ0) is 22.1. The first-order valence-corrected chi connectivity index (χ1v) is 11.2. The third-order valence-corrected chi connectivity index (χ3v) is 6.76. The predicted molar refractivity (Wildman–Crippen MR) is 123 cm³/mol. The molecule has 1 amide bonds. The van der Waals surface area contributed by atoms with Gasteiger partial charge >= 0.3 is 0 Å². The van der Waals surface area contributed by atoms with Crippen LogP contribution in [0.4, 0.5) is 0 Å². The van der Waals surface area contributed by atoms with Crippen LogP contribution >= 0.6 is 11.3 Å². The molecule has 3 unspecified atom stereocenters. The summed E-state index contributed by atoms with van der Waals surface area (Å²) < 4.78 is 0. The third-order valence-electron chi connectivity index (χ3n) is 5.75. The Labute approximate surface area is 189 Å². The van der Waals surface area contributed by atoms with E-state index in [-0.39, 0.29) is 29.5 Å². The van der Waals surface area contributed by atoms with Crippen molar-refractivity contribution >= 4 is 23.0 Å². The van der Waals surface area contributed by atoms with E-state index in [1.165, 1.54) is 16.3 Å². The van der Waals surface area contributed by atoms with E-state index < -0.39 is 0 Å². The van der Waals surface area contributed by atoms with Crippen molar-refractivity contribution in [3.63, 3.8) is 0 Å². The molecule has 32 heavy (non-hydrogen) atoms.